The third-order valence-electron chi connectivity index (χ3n) is 1.77. The number of rotatable bonds is 2. The van der Waals surface area contributed by atoms with Crippen molar-refractivity contribution < 1.29 is 14.7 Å². The second-order valence-electron chi connectivity index (χ2n) is 2.65. The molecule has 0 aliphatic rings. The lowest BCUT2D eigenvalue weighted by atomic mass is 10.1. The molecule has 0 spiro atoms. The maximum absolute atomic E-state index is 11.2. The zero-order valence-electron chi connectivity index (χ0n) is 7.57. The van der Waals surface area contributed by atoms with Crippen LogP contribution in [0.25, 0.3) is 0 Å². The molecule has 0 saturated carbocycles. The molecular weight excluding hydrogens is 184 g/mol. The molecule has 0 radical (unpaired) electrons. The van der Waals surface area contributed by atoms with Crippen molar-refractivity contribution in [3.05, 3.63) is 29.3 Å². The molecule has 14 heavy (non-hydrogen) atoms. The number of carbonyl (C=O) groups is 2. The Hall–Kier alpha value is -2.04. The summed E-state index contributed by atoms with van der Waals surface area (Å²) in [4.78, 5) is 22.0. The number of para-hydroxylation sites is 1. The highest BCUT2D eigenvalue weighted by atomic mass is 16.3. The van der Waals surface area contributed by atoms with E-state index in [1.165, 1.54) is 25.2 Å². The van der Waals surface area contributed by atoms with Gasteiger partial charge in [0.2, 0.25) is 0 Å². The van der Waals surface area contributed by atoms with Gasteiger partial charge in [0.05, 0.1) is 11.1 Å². The quantitative estimate of drug-likeness (QED) is 0.611. The Morgan fingerprint density at radius 2 is 1.93 bits per heavy atom. The second kappa shape index (κ2) is 3.78. The van der Waals surface area contributed by atoms with E-state index in [9.17, 15) is 14.7 Å². The summed E-state index contributed by atoms with van der Waals surface area (Å²) in [6.07, 6.45) is 0. The monoisotopic (exact) mass is 194 g/mol. The first-order valence-electron chi connectivity index (χ1n) is 3.91. The Morgan fingerprint density at radius 3 is 2.43 bits per heavy atom. The smallest absolute Gasteiger partial charge is 0.254 e. The van der Waals surface area contributed by atoms with E-state index in [0.29, 0.717) is 0 Å². The van der Waals surface area contributed by atoms with Crippen LogP contribution in [-0.4, -0.2) is 24.0 Å². The summed E-state index contributed by atoms with van der Waals surface area (Å²) in [7, 11) is 1.43. The highest BCUT2D eigenvalue weighted by molar-refractivity contribution is 6.03. The van der Waals surface area contributed by atoms with Gasteiger partial charge in [0, 0.05) is 7.05 Å². The molecule has 0 unspecified atom stereocenters. The van der Waals surface area contributed by atoms with Crippen molar-refractivity contribution in [3.8, 4) is 5.75 Å². The van der Waals surface area contributed by atoms with Gasteiger partial charge in [-0.2, -0.15) is 0 Å². The summed E-state index contributed by atoms with van der Waals surface area (Å²) in [6, 6.07) is 4.23. The summed E-state index contributed by atoms with van der Waals surface area (Å²) in [5.41, 5.74) is 4.96. The number of aromatic hydroxyl groups is 1. The lowest BCUT2D eigenvalue weighted by molar-refractivity contribution is 0.0960. The number of nitrogens with two attached hydrogens (primary N) is 1. The summed E-state index contributed by atoms with van der Waals surface area (Å²) < 4.78 is 0. The molecule has 0 heterocycles. The predicted molar refractivity (Wildman–Crippen MR) is 50.0 cm³/mol. The number of hydrogen-bond acceptors (Lipinski definition) is 3. The van der Waals surface area contributed by atoms with Gasteiger partial charge in [-0.25, -0.2) is 0 Å². The molecule has 0 fully saturated rings. The van der Waals surface area contributed by atoms with E-state index in [2.05, 4.69) is 5.32 Å². The maximum atomic E-state index is 11.2. The lowest BCUT2D eigenvalue weighted by Gasteiger charge is -2.05. The fourth-order valence-corrected chi connectivity index (χ4v) is 1.06. The summed E-state index contributed by atoms with van der Waals surface area (Å²) in [5.74, 6) is -1.63. The molecule has 0 aliphatic heterocycles. The van der Waals surface area contributed by atoms with E-state index in [1.807, 2.05) is 0 Å². The van der Waals surface area contributed by atoms with E-state index in [-0.39, 0.29) is 16.9 Å². The summed E-state index contributed by atoms with van der Waals surface area (Å²) in [5, 5.41) is 11.8. The molecule has 1 rings (SSSR count). The van der Waals surface area contributed by atoms with Gasteiger partial charge in [-0.05, 0) is 12.1 Å². The first-order chi connectivity index (χ1) is 6.57. The van der Waals surface area contributed by atoms with Gasteiger partial charge in [-0.3, -0.25) is 9.59 Å². The first kappa shape index (κ1) is 10.0. The fourth-order valence-electron chi connectivity index (χ4n) is 1.06. The molecule has 5 nitrogen and oxygen atoms in total. The van der Waals surface area contributed by atoms with Crippen LogP contribution in [0.4, 0.5) is 0 Å². The predicted octanol–water partition coefficient (Wildman–Crippen LogP) is -0.149. The molecule has 0 aliphatic carbocycles. The minimum absolute atomic E-state index is 0.0313. The minimum Gasteiger partial charge on any atom is -0.506 e. The van der Waals surface area contributed by atoms with Crippen LogP contribution in [0.3, 0.4) is 0 Å². The first-order valence-corrected chi connectivity index (χ1v) is 3.91. The molecule has 0 atom stereocenters. The van der Waals surface area contributed by atoms with Crippen molar-refractivity contribution >= 4 is 11.8 Å². The Balaban J connectivity index is 3.27. The second-order valence-corrected chi connectivity index (χ2v) is 2.65. The summed E-state index contributed by atoms with van der Waals surface area (Å²) >= 11 is 0. The van der Waals surface area contributed by atoms with Crippen molar-refractivity contribution in [1.82, 2.24) is 5.32 Å². The van der Waals surface area contributed by atoms with Crippen molar-refractivity contribution in [1.29, 1.82) is 0 Å². The van der Waals surface area contributed by atoms with E-state index >= 15 is 0 Å². The average molecular weight is 194 g/mol. The fraction of sp³-hybridized carbons (Fsp3) is 0.111. The van der Waals surface area contributed by atoms with E-state index < -0.39 is 11.8 Å². The Kier molecular flexibility index (Phi) is 2.71. The standard InChI is InChI=1S/C9H10N2O3/c1-11-9(14)6-4-2-3-5(7(6)12)8(10)13/h2-4,12H,1H3,(H2,10,13)(H,11,14). The van der Waals surface area contributed by atoms with Gasteiger partial charge in [0.25, 0.3) is 11.8 Å². The van der Waals surface area contributed by atoms with E-state index in [0.717, 1.165) is 0 Å². The van der Waals surface area contributed by atoms with Crippen LogP contribution in [0, 0.1) is 0 Å². The van der Waals surface area contributed by atoms with Crippen LogP contribution in [0.5, 0.6) is 5.75 Å². The third-order valence-corrected chi connectivity index (χ3v) is 1.77. The molecule has 1 aromatic carbocycles. The number of amides is 2. The van der Waals surface area contributed by atoms with Gasteiger partial charge in [-0.15, -0.1) is 0 Å². The zero-order chi connectivity index (χ0) is 10.7. The van der Waals surface area contributed by atoms with Gasteiger partial charge in [0.15, 0.2) is 0 Å². The van der Waals surface area contributed by atoms with Gasteiger partial charge in [0.1, 0.15) is 5.75 Å². The Labute approximate surface area is 80.5 Å². The van der Waals surface area contributed by atoms with Crippen molar-refractivity contribution in [2.45, 2.75) is 0 Å². The number of phenols is 1. The zero-order valence-corrected chi connectivity index (χ0v) is 7.57. The van der Waals surface area contributed by atoms with Crippen LogP contribution in [0.1, 0.15) is 20.7 Å². The molecule has 2 amide bonds. The number of hydrogen-bond donors (Lipinski definition) is 3. The van der Waals surface area contributed by atoms with Crippen molar-refractivity contribution in [3.63, 3.8) is 0 Å². The molecule has 0 aromatic heterocycles. The molecular formula is C9H10N2O3. The van der Waals surface area contributed by atoms with Crippen LogP contribution < -0.4 is 11.1 Å². The highest BCUT2D eigenvalue weighted by Crippen LogP contribution is 2.21. The van der Waals surface area contributed by atoms with Gasteiger partial charge in [-0.1, -0.05) is 6.07 Å². The minimum atomic E-state index is -0.770. The Bertz CT molecular complexity index is 388. The number of primary amides is 1. The Morgan fingerprint density at radius 1 is 1.36 bits per heavy atom. The highest BCUT2D eigenvalue weighted by Gasteiger charge is 2.15. The number of carbonyl (C=O) groups excluding carboxylic acids is 2. The van der Waals surface area contributed by atoms with Crippen molar-refractivity contribution in [2.75, 3.05) is 7.05 Å². The van der Waals surface area contributed by atoms with Gasteiger partial charge >= 0.3 is 0 Å². The molecule has 4 N–H and O–H groups in total. The van der Waals surface area contributed by atoms with E-state index in [4.69, 9.17) is 5.73 Å². The van der Waals surface area contributed by atoms with Crippen LogP contribution in [0.2, 0.25) is 0 Å². The lowest BCUT2D eigenvalue weighted by Crippen LogP contribution is -2.19. The van der Waals surface area contributed by atoms with Crippen LogP contribution in [-0.2, 0) is 0 Å². The van der Waals surface area contributed by atoms with E-state index in [1.54, 1.807) is 0 Å². The maximum Gasteiger partial charge on any atom is 0.254 e. The number of nitrogens with one attached hydrogen (secondary N) is 1. The largest absolute Gasteiger partial charge is 0.506 e. The van der Waals surface area contributed by atoms with Gasteiger partial charge < -0.3 is 16.2 Å². The molecule has 74 valence electrons. The van der Waals surface area contributed by atoms with Crippen LogP contribution in [0.15, 0.2) is 18.2 Å². The SMILES string of the molecule is CNC(=O)c1cccc(C(N)=O)c1O. The van der Waals surface area contributed by atoms with Crippen LogP contribution >= 0.6 is 0 Å². The molecule has 0 bridgehead atoms. The van der Waals surface area contributed by atoms with Crippen molar-refractivity contribution in [2.24, 2.45) is 5.73 Å². The number of benzene rings is 1. The third kappa shape index (κ3) is 1.66. The topological polar surface area (TPSA) is 92.4 Å². The normalized spacial score (nSPS) is 9.50. The average Bonchev–Trinajstić information content (AvgIpc) is 2.16. The molecule has 5 heteroatoms. The molecule has 0 saturated heterocycles. The summed E-state index contributed by atoms with van der Waals surface area (Å²) in [6.45, 7) is 0. The molecule has 1 aromatic rings.